The van der Waals surface area contributed by atoms with Crippen molar-refractivity contribution in [3.63, 3.8) is 0 Å². The highest BCUT2D eigenvalue weighted by Gasteiger charge is 2.37. The lowest BCUT2D eigenvalue weighted by molar-refractivity contribution is 0.0925. The van der Waals surface area contributed by atoms with Gasteiger partial charge in [0.05, 0.1) is 16.8 Å². The van der Waals surface area contributed by atoms with E-state index in [1.807, 2.05) is 0 Å². The Morgan fingerprint density at radius 2 is 1.53 bits per heavy atom. The third-order valence-electron chi connectivity index (χ3n) is 3.14. The van der Waals surface area contributed by atoms with Gasteiger partial charge < -0.3 is 0 Å². The van der Waals surface area contributed by atoms with Crippen LogP contribution in [0, 0.1) is 12.7 Å². The average molecular weight is 255 g/mol. The van der Waals surface area contributed by atoms with Crippen LogP contribution < -0.4 is 4.90 Å². The Bertz CT molecular complexity index is 674. The van der Waals surface area contributed by atoms with Gasteiger partial charge in [0.1, 0.15) is 5.82 Å². The maximum absolute atomic E-state index is 13.8. The number of rotatable bonds is 1. The number of benzene rings is 2. The van der Waals surface area contributed by atoms with Gasteiger partial charge in [-0.25, -0.2) is 9.29 Å². The van der Waals surface area contributed by atoms with Crippen LogP contribution in [0.5, 0.6) is 0 Å². The van der Waals surface area contributed by atoms with Crippen LogP contribution in [0.2, 0.25) is 0 Å². The lowest BCUT2D eigenvalue weighted by Crippen LogP contribution is -2.30. The monoisotopic (exact) mass is 255 g/mol. The van der Waals surface area contributed by atoms with E-state index < -0.39 is 17.6 Å². The summed E-state index contributed by atoms with van der Waals surface area (Å²) < 4.78 is 13.8. The van der Waals surface area contributed by atoms with E-state index in [0.717, 1.165) is 10.5 Å². The number of amides is 2. The molecule has 4 heteroatoms. The number of imide groups is 1. The van der Waals surface area contributed by atoms with E-state index in [4.69, 9.17) is 0 Å². The van der Waals surface area contributed by atoms with Crippen LogP contribution in [0.4, 0.5) is 10.1 Å². The van der Waals surface area contributed by atoms with Gasteiger partial charge in [0.15, 0.2) is 0 Å². The molecule has 1 aliphatic heterocycles. The van der Waals surface area contributed by atoms with Crippen molar-refractivity contribution in [2.24, 2.45) is 0 Å². The number of fused-ring (bicyclic) bond motifs is 1. The zero-order chi connectivity index (χ0) is 13.6. The minimum Gasteiger partial charge on any atom is -0.268 e. The van der Waals surface area contributed by atoms with Crippen molar-refractivity contribution in [2.75, 3.05) is 4.90 Å². The highest BCUT2D eigenvalue weighted by molar-refractivity contribution is 6.34. The van der Waals surface area contributed by atoms with Crippen LogP contribution in [-0.2, 0) is 0 Å². The van der Waals surface area contributed by atoms with Crippen LogP contribution >= 0.6 is 0 Å². The number of halogens is 1. The van der Waals surface area contributed by atoms with E-state index in [1.165, 1.54) is 12.1 Å². The van der Waals surface area contributed by atoms with Gasteiger partial charge in [-0.15, -0.1) is 0 Å². The van der Waals surface area contributed by atoms with Crippen LogP contribution in [-0.4, -0.2) is 11.8 Å². The molecule has 94 valence electrons. The molecular formula is C15H10FNO2. The van der Waals surface area contributed by atoms with E-state index in [0.29, 0.717) is 11.1 Å². The SMILES string of the molecule is Cc1ccc(F)c(N2C(=O)c3ccccc3C2=O)c1. The summed E-state index contributed by atoms with van der Waals surface area (Å²) in [6.07, 6.45) is 0. The largest absolute Gasteiger partial charge is 0.268 e. The van der Waals surface area contributed by atoms with Crippen molar-refractivity contribution in [3.05, 3.63) is 65.0 Å². The molecule has 19 heavy (non-hydrogen) atoms. The van der Waals surface area contributed by atoms with Crippen molar-refractivity contribution in [1.82, 2.24) is 0 Å². The molecule has 2 aromatic carbocycles. The van der Waals surface area contributed by atoms with Crippen LogP contribution in [0.3, 0.4) is 0 Å². The fourth-order valence-corrected chi connectivity index (χ4v) is 2.20. The first-order chi connectivity index (χ1) is 9.09. The summed E-state index contributed by atoms with van der Waals surface area (Å²) in [7, 11) is 0. The third-order valence-corrected chi connectivity index (χ3v) is 3.14. The Hall–Kier alpha value is -2.49. The molecule has 0 saturated carbocycles. The van der Waals surface area contributed by atoms with Crippen LogP contribution in [0.25, 0.3) is 0 Å². The number of hydrogen-bond acceptors (Lipinski definition) is 2. The standard InChI is InChI=1S/C15H10FNO2/c1-9-6-7-12(16)13(8-9)17-14(18)10-4-2-3-5-11(10)15(17)19/h2-8H,1H3. The molecule has 1 heterocycles. The number of nitrogens with zero attached hydrogens (tertiary/aromatic N) is 1. The summed E-state index contributed by atoms with van der Waals surface area (Å²) in [6, 6.07) is 10.9. The van der Waals surface area contributed by atoms with Crippen molar-refractivity contribution < 1.29 is 14.0 Å². The highest BCUT2D eigenvalue weighted by Crippen LogP contribution is 2.30. The molecule has 0 bridgehead atoms. The number of hydrogen-bond donors (Lipinski definition) is 0. The van der Waals surface area contributed by atoms with Gasteiger partial charge >= 0.3 is 0 Å². The zero-order valence-corrected chi connectivity index (χ0v) is 10.2. The summed E-state index contributed by atoms with van der Waals surface area (Å²) in [6.45, 7) is 1.78. The Labute approximate surface area is 109 Å². The Morgan fingerprint density at radius 3 is 2.11 bits per heavy atom. The van der Waals surface area contributed by atoms with Gasteiger partial charge in [0.25, 0.3) is 11.8 Å². The summed E-state index contributed by atoms with van der Waals surface area (Å²) in [5.74, 6) is -1.55. The molecule has 0 saturated heterocycles. The second-order valence-corrected chi connectivity index (χ2v) is 4.45. The zero-order valence-electron chi connectivity index (χ0n) is 10.2. The molecule has 0 spiro atoms. The number of carbonyl (C=O) groups excluding carboxylic acids is 2. The minimum atomic E-state index is -0.583. The first-order valence-corrected chi connectivity index (χ1v) is 5.83. The van der Waals surface area contributed by atoms with E-state index in [1.54, 1.807) is 37.3 Å². The van der Waals surface area contributed by atoms with Crippen molar-refractivity contribution in [3.8, 4) is 0 Å². The second-order valence-electron chi connectivity index (χ2n) is 4.45. The summed E-state index contributed by atoms with van der Waals surface area (Å²) in [5.41, 5.74) is 1.42. The van der Waals surface area contributed by atoms with Crippen molar-refractivity contribution in [1.29, 1.82) is 0 Å². The van der Waals surface area contributed by atoms with Gasteiger partial charge in [0, 0.05) is 0 Å². The molecule has 2 amide bonds. The molecule has 0 N–H and O–H groups in total. The fraction of sp³-hybridized carbons (Fsp3) is 0.0667. The maximum atomic E-state index is 13.8. The summed E-state index contributed by atoms with van der Waals surface area (Å²) in [4.78, 5) is 25.3. The normalized spacial score (nSPS) is 13.9. The predicted octanol–water partition coefficient (Wildman–Crippen LogP) is 2.93. The molecule has 0 atom stereocenters. The van der Waals surface area contributed by atoms with E-state index in [9.17, 15) is 14.0 Å². The van der Waals surface area contributed by atoms with Crippen molar-refractivity contribution >= 4 is 17.5 Å². The van der Waals surface area contributed by atoms with Gasteiger partial charge in [-0.05, 0) is 36.8 Å². The van der Waals surface area contributed by atoms with Crippen LogP contribution in [0.15, 0.2) is 42.5 Å². The van der Waals surface area contributed by atoms with Crippen LogP contribution in [0.1, 0.15) is 26.3 Å². The maximum Gasteiger partial charge on any atom is 0.266 e. The molecule has 1 aliphatic rings. The third kappa shape index (κ3) is 1.64. The van der Waals surface area contributed by atoms with E-state index in [-0.39, 0.29) is 5.69 Å². The molecule has 0 fully saturated rings. The molecule has 0 aliphatic carbocycles. The quantitative estimate of drug-likeness (QED) is 0.735. The Morgan fingerprint density at radius 1 is 0.947 bits per heavy atom. The number of aryl methyl sites for hydroxylation is 1. The molecular weight excluding hydrogens is 245 g/mol. The molecule has 0 unspecified atom stereocenters. The highest BCUT2D eigenvalue weighted by atomic mass is 19.1. The predicted molar refractivity (Wildman–Crippen MR) is 68.7 cm³/mol. The summed E-state index contributed by atoms with van der Waals surface area (Å²) in [5, 5.41) is 0. The number of carbonyl (C=O) groups is 2. The topological polar surface area (TPSA) is 37.4 Å². The first kappa shape index (κ1) is 11.6. The fourth-order valence-electron chi connectivity index (χ4n) is 2.20. The second kappa shape index (κ2) is 4.02. The first-order valence-electron chi connectivity index (χ1n) is 5.83. The Kier molecular flexibility index (Phi) is 2.45. The van der Waals surface area contributed by atoms with E-state index in [2.05, 4.69) is 0 Å². The molecule has 0 aromatic heterocycles. The molecule has 3 rings (SSSR count). The van der Waals surface area contributed by atoms with Crippen molar-refractivity contribution in [2.45, 2.75) is 6.92 Å². The smallest absolute Gasteiger partial charge is 0.266 e. The molecule has 3 nitrogen and oxygen atoms in total. The molecule has 2 aromatic rings. The Balaban J connectivity index is 2.17. The summed E-state index contributed by atoms with van der Waals surface area (Å²) >= 11 is 0. The average Bonchev–Trinajstić information content (AvgIpc) is 2.66. The van der Waals surface area contributed by atoms with Gasteiger partial charge in [-0.3, -0.25) is 9.59 Å². The van der Waals surface area contributed by atoms with Gasteiger partial charge in [-0.1, -0.05) is 18.2 Å². The minimum absolute atomic E-state index is 0.00574. The lowest BCUT2D eigenvalue weighted by Gasteiger charge is -2.15. The van der Waals surface area contributed by atoms with Gasteiger partial charge in [0.2, 0.25) is 0 Å². The molecule has 0 radical (unpaired) electrons. The number of anilines is 1. The van der Waals surface area contributed by atoms with Gasteiger partial charge in [-0.2, -0.15) is 0 Å². The van der Waals surface area contributed by atoms with E-state index >= 15 is 0 Å². The lowest BCUT2D eigenvalue weighted by atomic mass is 10.1.